The Morgan fingerprint density at radius 2 is 1.70 bits per heavy atom. The second-order valence-electron chi connectivity index (χ2n) is 3.72. The predicted molar refractivity (Wildman–Crippen MR) is 73.4 cm³/mol. The lowest BCUT2D eigenvalue weighted by molar-refractivity contribution is 0.0696. The van der Waals surface area contributed by atoms with Crippen molar-refractivity contribution >= 4 is 40.8 Å². The first-order chi connectivity index (χ1) is 9.45. The maximum Gasteiger partial charge on any atom is 0.337 e. The van der Waals surface area contributed by atoms with Gasteiger partial charge in [-0.15, -0.1) is 0 Å². The van der Waals surface area contributed by atoms with Crippen LogP contribution in [0.3, 0.4) is 0 Å². The molecule has 0 saturated carbocycles. The number of hydrogen-bond donors (Lipinski definition) is 2. The van der Waals surface area contributed by atoms with Gasteiger partial charge in [0.15, 0.2) is 0 Å². The molecule has 2 N–H and O–H groups in total. The molecule has 0 spiro atoms. The van der Waals surface area contributed by atoms with Crippen LogP contribution in [0.5, 0.6) is 0 Å². The maximum absolute atomic E-state index is 12.0. The number of anilines is 1. The number of nitrogens with zero attached hydrogens (tertiary/aromatic N) is 2. The number of hydrogen-bond acceptors (Lipinski definition) is 4. The summed E-state index contributed by atoms with van der Waals surface area (Å²) in [6.07, 6.45) is 2.51. The highest BCUT2D eigenvalue weighted by atomic mass is 35.5. The molecule has 0 aliphatic rings. The van der Waals surface area contributed by atoms with Crippen molar-refractivity contribution in [1.82, 2.24) is 9.97 Å². The molecular weight excluding hydrogens is 305 g/mol. The van der Waals surface area contributed by atoms with E-state index in [9.17, 15) is 9.59 Å². The Labute approximate surface area is 123 Å². The van der Waals surface area contributed by atoms with Crippen molar-refractivity contribution in [3.8, 4) is 0 Å². The summed E-state index contributed by atoms with van der Waals surface area (Å²) in [5, 5.41) is 11.5. The summed E-state index contributed by atoms with van der Waals surface area (Å²) in [7, 11) is 0. The van der Waals surface area contributed by atoms with Crippen molar-refractivity contribution in [3.63, 3.8) is 0 Å². The number of amides is 1. The van der Waals surface area contributed by atoms with Crippen molar-refractivity contribution in [2.75, 3.05) is 5.32 Å². The summed E-state index contributed by atoms with van der Waals surface area (Å²) < 4.78 is 0. The summed E-state index contributed by atoms with van der Waals surface area (Å²) in [4.78, 5) is 30.2. The number of carboxylic acids is 1. The van der Waals surface area contributed by atoms with Crippen molar-refractivity contribution in [3.05, 3.63) is 52.0 Å². The molecule has 0 aromatic carbocycles. The Hall–Kier alpha value is -2.18. The number of aromatic nitrogens is 2. The Morgan fingerprint density at radius 1 is 1.05 bits per heavy atom. The summed E-state index contributed by atoms with van der Waals surface area (Å²) in [6, 6.07) is 3.98. The zero-order valence-electron chi connectivity index (χ0n) is 9.80. The minimum Gasteiger partial charge on any atom is -0.478 e. The highest BCUT2D eigenvalue weighted by Gasteiger charge is 2.11. The molecule has 2 aromatic heterocycles. The zero-order valence-corrected chi connectivity index (χ0v) is 11.3. The second-order valence-corrected chi connectivity index (χ2v) is 4.50. The SMILES string of the molecule is O=C(O)c1cncc(NC(=O)c2cc(Cl)nc(Cl)c2)c1. The van der Waals surface area contributed by atoms with Crippen LogP contribution in [0.25, 0.3) is 0 Å². The predicted octanol–water partition coefficient (Wildman–Crippen LogP) is 2.73. The van der Waals surface area contributed by atoms with Gasteiger partial charge in [-0.05, 0) is 18.2 Å². The number of pyridine rings is 2. The molecule has 0 aliphatic carbocycles. The van der Waals surface area contributed by atoms with Crippen LogP contribution in [0.4, 0.5) is 5.69 Å². The Kier molecular flexibility index (Phi) is 4.16. The quantitative estimate of drug-likeness (QED) is 0.850. The number of halogens is 2. The first-order valence-electron chi connectivity index (χ1n) is 5.28. The van der Waals surface area contributed by atoms with Crippen LogP contribution in [-0.4, -0.2) is 27.0 Å². The van der Waals surface area contributed by atoms with E-state index in [1.54, 1.807) is 0 Å². The average Bonchev–Trinajstić information content (AvgIpc) is 2.37. The normalized spacial score (nSPS) is 10.1. The molecule has 1 amide bonds. The number of carbonyl (C=O) groups excluding carboxylic acids is 1. The highest BCUT2D eigenvalue weighted by molar-refractivity contribution is 6.33. The summed E-state index contributed by atoms with van der Waals surface area (Å²) in [5.74, 6) is -1.64. The minimum atomic E-state index is -1.14. The van der Waals surface area contributed by atoms with Crippen LogP contribution in [0.15, 0.2) is 30.6 Å². The molecule has 0 unspecified atom stereocenters. The van der Waals surface area contributed by atoms with E-state index < -0.39 is 11.9 Å². The molecule has 0 radical (unpaired) electrons. The maximum atomic E-state index is 12.0. The fraction of sp³-hybridized carbons (Fsp3) is 0. The van der Waals surface area contributed by atoms with E-state index in [1.165, 1.54) is 30.6 Å². The topological polar surface area (TPSA) is 92.2 Å². The molecule has 8 heteroatoms. The number of rotatable bonds is 3. The van der Waals surface area contributed by atoms with E-state index in [2.05, 4.69) is 15.3 Å². The molecule has 0 aliphatic heterocycles. The van der Waals surface area contributed by atoms with Gasteiger partial charge in [0.25, 0.3) is 5.91 Å². The van der Waals surface area contributed by atoms with E-state index >= 15 is 0 Å². The van der Waals surface area contributed by atoms with Crippen LogP contribution in [-0.2, 0) is 0 Å². The van der Waals surface area contributed by atoms with Gasteiger partial charge in [-0.1, -0.05) is 23.2 Å². The molecule has 2 rings (SSSR count). The van der Waals surface area contributed by atoms with Crippen molar-refractivity contribution in [2.24, 2.45) is 0 Å². The van der Waals surface area contributed by atoms with Crippen LogP contribution in [0, 0.1) is 0 Å². The molecule has 0 bridgehead atoms. The molecule has 0 fully saturated rings. The third-order valence-electron chi connectivity index (χ3n) is 2.27. The second kappa shape index (κ2) is 5.85. The monoisotopic (exact) mass is 311 g/mol. The number of aromatic carboxylic acids is 1. The van der Waals surface area contributed by atoms with Gasteiger partial charge in [0.2, 0.25) is 0 Å². The number of nitrogens with one attached hydrogen (secondary N) is 1. The van der Waals surface area contributed by atoms with Crippen LogP contribution in [0.1, 0.15) is 20.7 Å². The lowest BCUT2D eigenvalue weighted by atomic mass is 10.2. The third-order valence-corrected chi connectivity index (χ3v) is 2.66. The smallest absolute Gasteiger partial charge is 0.337 e. The number of carboxylic acid groups (broad SMARTS) is 1. The lowest BCUT2D eigenvalue weighted by Crippen LogP contribution is -2.13. The first-order valence-corrected chi connectivity index (χ1v) is 6.04. The molecule has 102 valence electrons. The van der Waals surface area contributed by atoms with Crippen LogP contribution >= 0.6 is 23.2 Å². The Bertz CT molecular complexity index is 671. The van der Waals surface area contributed by atoms with Gasteiger partial charge >= 0.3 is 5.97 Å². The van der Waals surface area contributed by atoms with Crippen LogP contribution < -0.4 is 5.32 Å². The Morgan fingerprint density at radius 3 is 2.30 bits per heavy atom. The van der Waals surface area contributed by atoms with Gasteiger partial charge in [0, 0.05) is 11.8 Å². The molecule has 6 nitrogen and oxygen atoms in total. The van der Waals surface area contributed by atoms with Gasteiger partial charge in [-0.3, -0.25) is 9.78 Å². The van der Waals surface area contributed by atoms with E-state index in [0.717, 1.165) is 0 Å². The summed E-state index contributed by atoms with van der Waals surface area (Å²) in [5.41, 5.74) is 0.420. The Balaban J connectivity index is 2.23. The summed E-state index contributed by atoms with van der Waals surface area (Å²) in [6.45, 7) is 0. The molecule has 20 heavy (non-hydrogen) atoms. The standard InChI is InChI=1S/C12H7Cl2N3O3/c13-9-2-6(3-10(14)17-9)11(18)16-8-1-7(12(19)20)4-15-5-8/h1-5H,(H,16,18)(H,19,20). The lowest BCUT2D eigenvalue weighted by Gasteiger charge is -2.06. The van der Waals surface area contributed by atoms with Gasteiger partial charge in [0.05, 0.1) is 17.4 Å². The molecule has 2 aromatic rings. The zero-order chi connectivity index (χ0) is 14.7. The fourth-order valence-corrected chi connectivity index (χ4v) is 1.88. The molecule has 2 heterocycles. The summed E-state index contributed by atoms with van der Waals surface area (Å²) >= 11 is 11.4. The van der Waals surface area contributed by atoms with Gasteiger partial charge in [-0.2, -0.15) is 0 Å². The van der Waals surface area contributed by atoms with Crippen molar-refractivity contribution in [2.45, 2.75) is 0 Å². The molecule has 0 atom stereocenters. The van der Waals surface area contributed by atoms with E-state index in [1.807, 2.05) is 0 Å². The van der Waals surface area contributed by atoms with Gasteiger partial charge < -0.3 is 10.4 Å². The van der Waals surface area contributed by atoms with E-state index in [-0.39, 0.29) is 27.1 Å². The van der Waals surface area contributed by atoms with E-state index in [4.69, 9.17) is 28.3 Å². The highest BCUT2D eigenvalue weighted by Crippen LogP contribution is 2.16. The fourth-order valence-electron chi connectivity index (χ4n) is 1.42. The average molecular weight is 312 g/mol. The first kappa shape index (κ1) is 14.2. The molecule has 0 saturated heterocycles. The van der Waals surface area contributed by atoms with Gasteiger partial charge in [-0.25, -0.2) is 9.78 Å². The minimum absolute atomic E-state index is 0.0337. The number of carbonyl (C=O) groups is 2. The van der Waals surface area contributed by atoms with E-state index in [0.29, 0.717) is 0 Å². The third kappa shape index (κ3) is 3.43. The van der Waals surface area contributed by atoms with Crippen molar-refractivity contribution in [1.29, 1.82) is 0 Å². The van der Waals surface area contributed by atoms with Gasteiger partial charge in [0.1, 0.15) is 10.3 Å². The van der Waals surface area contributed by atoms with Crippen LogP contribution in [0.2, 0.25) is 10.3 Å². The molecular formula is C12H7Cl2N3O3. The largest absolute Gasteiger partial charge is 0.478 e. The van der Waals surface area contributed by atoms with Crippen molar-refractivity contribution < 1.29 is 14.7 Å².